The van der Waals surface area contributed by atoms with E-state index in [0.29, 0.717) is 5.56 Å². The van der Waals surface area contributed by atoms with Crippen LogP contribution in [0.3, 0.4) is 0 Å². The molecule has 0 radical (unpaired) electrons. The summed E-state index contributed by atoms with van der Waals surface area (Å²) >= 11 is 0. The molecule has 1 rings (SSSR count). The molecule has 19 heavy (non-hydrogen) atoms. The summed E-state index contributed by atoms with van der Waals surface area (Å²) in [5.41, 5.74) is 0.161. The lowest BCUT2D eigenvalue weighted by Crippen LogP contribution is -2.34. The Hall–Kier alpha value is -1.62. The third-order valence-corrected chi connectivity index (χ3v) is 3.19. The van der Waals surface area contributed by atoms with Crippen molar-refractivity contribution >= 4 is 5.97 Å². The van der Waals surface area contributed by atoms with Crippen LogP contribution >= 0.6 is 0 Å². The molecular formula is C14H20FNO3. The van der Waals surface area contributed by atoms with Gasteiger partial charge in [-0.1, -0.05) is 19.9 Å². The van der Waals surface area contributed by atoms with Crippen LogP contribution < -0.4 is 10.1 Å². The van der Waals surface area contributed by atoms with Crippen molar-refractivity contribution < 1.29 is 19.0 Å². The first kappa shape index (κ1) is 15.4. The number of benzene rings is 1. The monoisotopic (exact) mass is 269 g/mol. The lowest BCUT2D eigenvalue weighted by atomic mass is 9.78. The van der Waals surface area contributed by atoms with E-state index in [0.717, 1.165) is 0 Å². The van der Waals surface area contributed by atoms with E-state index in [-0.39, 0.29) is 18.2 Å². The second-order valence-corrected chi connectivity index (χ2v) is 5.17. The van der Waals surface area contributed by atoms with E-state index in [2.05, 4.69) is 5.32 Å². The van der Waals surface area contributed by atoms with Gasteiger partial charge in [0.15, 0.2) is 11.6 Å². The number of carboxylic acid groups (broad SMARTS) is 1. The van der Waals surface area contributed by atoms with Gasteiger partial charge in [0.2, 0.25) is 0 Å². The maximum absolute atomic E-state index is 13.7. The van der Waals surface area contributed by atoms with Crippen LogP contribution in [0.2, 0.25) is 0 Å². The number of carboxylic acids is 1. The standard InChI is InChI=1S/C14H20FNO3/c1-14(2,8-12(17)18)13(16-3)9-5-6-11(19-4)10(15)7-9/h5-7,13,16H,8H2,1-4H3,(H,17,18). The molecule has 1 atom stereocenters. The summed E-state index contributed by atoms with van der Waals surface area (Å²) in [5, 5.41) is 12.0. The third-order valence-electron chi connectivity index (χ3n) is 3.19. The fourth-order valence-electron chi connectivity index (χ4n) is 2.36. The van der Waals surface area contributed by atoms with E-state index >= 15 is 0 Å². The normalized spacial score (nSPS) is 13.1. The van der Waals surface area contributed by atoms with Gasteiger partial charge in [-0.05, 0) is 30.2 Å². The molecule has 5 heteroatoms. The first-order valence-electron chi connectivity index (χ1n) is 6.04. The van der Waals surface area contributed by atoms with E-state index in [4.69, 9.17) is 9.84 Å². The van der Waals surface area contributed by atoms with Gasteiger partial charge in [0, 0.05) is 6.04 Å². The van der Waals surface area contributed by atoms with Gasteiger partial charge in [-0.25, -0.2) is 4.39 Å². The average molecular weight is 269 g/mol. The third kappa shape index (κ3) is 3.67. The summed E-state index contributed by atoms with van der Waals surface area (Å²) < 4.78 is 18.6. The zero-order valence-corrected chi connectivity index (χ0v) is 11.7. The highest BCUT2D eigenvalue weighted by molar-refractivity contribution is 5.67. The minimum Gasteiger partial charge on any atom is -0.494 e. The van der Waals surface area contributed by atoms with Gasteiger partial charge in [-0.15, -0.1) is 0 Å². The summed E-state index contributed by atoms with van der Waals surface area (Å²) in [6.45, 7) is 3.68. The lowest BCUT2D eigenvalue weighted by Gasteiger charge is -2.33. The van der Waals surface area contributed by atoms with Gasteiger partial charge in [0.05, 0.1) is 13.5 Å². The molecule has 1 aromatic carbocycles. The van der Waals surface area contributed by atoms with Crippen molar-refractivity contribution in [3.8, 4) is 5.75 Å². The van der Waals surface area contributed by atoms with Gasteiger partial charge in [-0.3, -0.25) is 4.79 Å². The Kier molecular flexibility index (Phi) is 4.89. The molecule has 0 aromatic heterocycles. The van der Waals surface area contributed by atoms with Crippen molar-refractivity contribution in [2.75, 3.05) is 14.2 Å². The molecule has 4 nitrogen and oxygen atoms in total. The smallest absolute Gasteiger partial charge is 0.303 e. The van der Waals surface area contributed by atoms with Crippen LogP contribution in [0.5, 0.6) is 5.75 Å². The van der Waals surface area contributed by atoms with Crippen LogP contribution in [0.25, 0.3) is 0 Å². The van der Waals surface area contributed by atoms with Crippen LogP contribution in [0.1, 0.15) is 31.9 Å². The summed E-state index contributed by atoms with van der Waals surface area (Å²) in [7, 11) is 3.14. The number of ether oxygens (including phenoxy) is 1. The summed E-state index contributed by atoms with van der Waals surface area (Å²) in [6.07, 6.45) is -0.00778. The zero-order chi connectivity index (χ0) is 14.6. The number of rotatable bonds is 6. The molecule has 1 unspecified atom stereocenters. The number of aliphatic carboxylic acids is 1. The van der Waals surface area contributed by atoms with Gasteiger partial charge >= 0.3 is 5.97 Å². The fraction of sp³-hybridized carbons (Fsp3) is 0.500. The number of carbonyl (C=O) groups is 1. The number of halogens is 1. The molecule has 0 aliphatic carbocycles. The van der Waals surface area contributed by atoms with Crippen LogP contribution in [0.4, 0.5) is 4.39 Å². The summed E-state index contributed by atoms with van der Waals surface area (Å²) in [4.78, 5) is 10.9. The zero-order valence-electron chi connectivity index (χ0n) is 11.7. The average Bonchev–Trinajstić information content (AvgIpc) is 2.27. The summed E-state index contributed by atoms with van der Waals surface area (Å²) in [5.74, 6) is -1.15. The van der Waals surface area contributed by atoms with E-state index in [1.807, 2.05) is 13.8 Å². The van der Waals surface area contributed by atoms with Gasteiger partial charge in [0.1, 0.15) is 0 Å². The first-order chi connectivity index (χ1) is 8.81. The van der Waals surface area contributed by atoms with E-state index in [1.165, 1.54) is 13.2 Å². The molecular weight excluding hydrogens is 249 g/mol. The molecule has 0 aliphatic heterocycles. The van der Waals surface area contributed by atoms with E-state index in [1.54, 1.807) is 19.2 Å². The molecule has 0 amide bonds. The molecule has 0 saturated carbocycles. The molecule has 0 saturated heterocycles. The highest BCUT2D eigenvalue weighted by Gasteiger charge is 2.32. The van der Waals surface area contributed by atoms with Gasteiger partial charge in [0.25, 0.3) is 0 Å². The second-order valence-electron chi connectivity index (χ2n) is 5.17. The van der Waals surface area contributed by atoms with Crippen molar-refractivity contribution in [2.24, 2.45) is 5.41 Å². The maximum atomic E-state index is 13.7. The Bertz CT molecular complexity index is 460. The highest BCUT2D eigenvalue weighted by atomic mass is 19.1. The Morgan fingerprint density at radius 2 is 2.16 bits per heavy atom. The number of hydrogen-bond donors (Lipinski definition) is 2. The van der Waals surface area contributed by atoms with Crippen LogP contribution in [0.15, 0.2) is 18.2 Å². The summed E-state index contributed by atoms with van der Waals surface area (Å²) in [6, 6.07) is 4.41. The van der Waals surface area contributed by atoms with Crippen LogP contribution in [-0.4, -0.2) is 25.2 Å². The molecule has 0 spiro atoms. The molecule has 0 fully saturated rings. The number of methoxy groups -OCH3 is 1. The Balaban J connectivity index is 3.09. The second kappa shape index (κ2) is 6.02. The van der Waals surface area contributed by atoms with Gasteiger partial charge < -0.3 is 15.2 Å². The van der Waals surface area contributed by atoms with Crippen molar-refractivity contribution in [1.82, 2.24) is 5.32 Å². The van der Waals surface area contributed by atoms with Crippen LogP contribution in [-0.2, 0) is 4.79 Å². The van der Waals surface area contributed by atoms with Crippen molar-refractivity contribution in [1.29, 1.82) is 0 Å². The van der Waals surface area contributed by atoms with Gasteiger partial charge in [-0.2, -0.15) is 0 Å². The predicted octanol–water partition coefficient (Wildman–Crippen LogP) is 2.60. The van der Waals surface area contributed by atoms with E-state index in [9.17, 15) is 9.18 Å². The molecule has 1 aromatic rings. The minimum absolute atomic E-state index is 0.00778. The quantitative estimate of drug-likeness (QED) is 0.833. The molecule has 2 N–H and O–H groups in total. The largest absolute Gasteiger partial charge is 0.494 e. The highest BCUT2D eigenvalue weighted by Crippen LogP contribution is 2.37. The van der Waals surface area contributed by atoms with Crippen molar-refractivity contribution in [2.45, 2.75) is 26.3 Å². The Morgan fingerprint density at radius 1 is 1.53 bits per heavy atom. The van der Waals surface area contributed by atoms with Crippen LogP contribution in [0, 0.1) is 11.2 Å². The Morgan fingerprint density at radius 3 is 2.58 bits per heavy atom. The fourth-order valence-corrected chi connectivity index (χ4v) is 2.36. The molecule has 0 aliphatic rings. The molecule has 106 valence electrons. The van der Waals surface area contributed by atoms with Crippen molar-refractivity contribution in [3.63, 3.8) is 0 Å². The number of nitrogens with one attached hydrogen (secondary N) is 1. The Labute approximate surface area is 112 Å². The molecule has 0 bridgehead atoms. The minimum atomic E-state index is -0.876. The topological polar surface area (TPSA) is 58.6 Å². The number of hydrogen-bond acceptors (Lipinski definition) is 3. The van der Waals surface area contributed by atoms with E-state index < -0.39 is 17.2 Å². The maximum Gasteiger partial charge on any atom is 0.303 e. The predicted molar refractivity (Wildman–Crippen MR) is 70.8 cm³/mol. The molecule has 0 heterocycles. The lowest BCUT2D eigenvalue weighted by molar-refractivity contribution is -0.139. The SMILES string of the molecule is CNC(c1ccc(OC)c(F)c1)C(C)(C)CC(=O)O. The van der Waals surface area contributed by atoms with Crippen molar-refractivity contribution in [3.05, 3.63) is 29.6 Å². The first-order valence-corrected chi connectivity index (χ1v) is 6.04.